The molecule has 3 aromatic rings. The van der Waals surface area contributed by atoms with E-state index in [1.165, 1.54) is 11.3 Å². The number of carboxylic acids is 1. The van der Waals surface area contributed by atoms with Crippen molar-refractivity contribution in [3.05, 3.63) is 75.7 Å². The summed E-state index contributed by atoms with van der Waals surface area (Å²) in [6.45, 7) is 1.93. The molecule has 4 N–H and O–H groups in total. The number of carbonyl (C=O) groups excluding carboxylic acids is 2. The maximum Gasteiger partial charge on any atom is 0.407 e. The molecular formula is C25H25N3O6S. The largest absolute Gasteiger partial charge is 0.479 e. The zero-order valence-electron chi connectivity index (χ0n) is 18.9. The van der Waals surface area contributed by atoms with E-state index in [4.69, 9.17) is 9.84 Å². The Kier molecular flexibility index (Phi) is 7.42. The molecule has 2 aromatic carbocycles. The van der Waals surface area contributed by atoms with Gasteiger partial charge in [0.1, 0.15) is 17.3 Å². The van der Waals surface area contributed by atoms with Crippen molar-refractivity contribution in [1.82, 2.24) is 15.6 Å². The molecule has 0 fully saturated rings. The highest BCUT2D eigenvalue weighted by Crippen LogP contribution is 2.44. The number of aliphatic hydroxyl groups is 1. The molecule has 1 aliphatic carbocycles. The molecule has 2 unspecified atom stereocenters. The van der Waals surface area contributed by atoms with Gasteiger partial charge in [-0.2, -0.15) is 0 Å². The number of nitrogens with zero attached hydrogens (tertiary/aromatic N) is 1. The summed E-state index contributed by atoms with van der Waals surface area (Å²) in [5.41, 5.74) is 4.70. The van der Waals surface area contributed by atoms with Crippen LogP contribution in [0.1, 0.15) is 51.9 Å². The molecule has 0 saturated heterocycles. The summed E-state index contributed by atoms with van der Waals surface area (Å²) in [6.07, 6.45) is -2.23. The minimum absolute atomic E-state index is 0.00723. The molecule has 35 heavy (non-hydrogen) atoms. The third kappa shape index (κ3) is 5.50. The summed E-state index contributed by atoms with van der Waals surface area (Å²) in [7, 11) is 0. The third-order valence-corrected chi connectivity index (χ3v) is 6.82. The number of ether oxygens (including phenoxy) is 1. The third-order valence-electron chi connectivity index (χ3n) is 5.79. The lowest BCUT2D eigenvalue weighted by Crippen LogP contribution is -2.30. The number of thiazole rings is 1. The fourth-order valence-electron chi connectivity index (χ4n) is 4.01. The van der Waals surface area contributed by atoms with Crippen molar-refractivity contribution in [3.63, 3.8) is 0 Å². The van der Waals surface area contributed by atoms with Crippen LogP contribution in [0.25, 0.3) is 11.1 Å². The lowest BCUT2D eigenvalue weighted by Gasteiger charge is -2.16. The van der Waals surface area contributed by atoms with E-state index in [0.717, 1.165) is 22.3 Å². The van der Waals surface area contributed by atoms with Gasteiger partial charge in [-0.1, -0.05) is 48.5 Å². The molecule has 4 rings (SSSR count). The van der Waals surface area contributed by atoms with E-state index < -0.39 is 30.1 Å². The second-order valence-electron chi connectivity index (χ2n) is 8.16. The van der Waals surface area contributed by atoms with Crippen LogP contribution in [0, 0.1) is 0 Å². The van der Waals surface area contributed by atoms with E-state index in [0.29, 0.717) is 5.01 Å². The molecule has 10 heteroatoms. The van der Waals surface area contributed by atoms with Gasteiger partial charge >= 0.3 is 12.1 Å². The van der Waals surface area contributed by atoms with E-state index in [1.54, 1.807) is 12.3 Å². The molecule has 0 saturated carbocycles. The van der Waals surface area contributed by atoms with Crippen molar-refractivity contribution in [2.45, 2.75) is 31.4 Å². The minimum atomic E-state index is -1.54. The van der Waals surface area contributed by atoms with E-state index >= 15 is 0 Å². The Balaban J connectivity index is 1.30. The zero-order chi connectivity index (χ0) is 24.9. The number of aromatic nitrogens is 1. The maximum atomic E-state index is 12.5. The molecule has 2 atom stereocenters. The summed E-state index contributed by atoms with van der Waals surface area (Å²) in [5, 5.41) is 25.3. The van der Waals surface area contributed by atoms with Gasteiger partial charge in [-0.25, -0.2) is 14.6 Å². The molecule has 2 amide bonds. The standard InChI is InChI=1S/C25H25N3O6S/c1-14(23-28-20(13-35-23)22(30)26-11-10-21(29)24(31)32)27-25(33)34-12-19-17-8-4-2-6-15(17)16-7-3-5-9-18(16)19/h2-9,13-14,19,21,29H,10-12H2,1H3,(H,26,30)(H,27,33)(H,31,32). The highest BCUT2D eigenvalue weighted by Gasteiger charge is 2.29. The molecule has 182 valence electrons. The Morgan fingerprint density at radius 1 is 1.09 bits per heavy atom. The summed E-state index contributed by atoms with van der Waals surface area (Å²) >= 11 is 1.21. The van der Waals surface area contributed by atoms with Gasteiger partial charge in [0, 0.05) is 24.3 Å². The number of nitrogens with one attached hydrogen (secondary N) is 2. The Labute approximate surface area is 205 Å². The van der Waals surface area contributed by atoms with Gasteiger partial charge in [0.2, 0.25) is 0 Å². The van der Waals surface area contributed by atoms with Crippen molar-refractivity contribution in [2.75, 3.05) is 13.2 Å². The summed E-state index contributed by atoms with van der Waals surface area (Å²) < 4.78 is 5.56. The first kappa shape index (κ1) is 24.4. The first-order valence-electron chi connectivity index (χ1n) is 11.1. The quantitative estimate of drug-likeness (QED) is 0.357. The second kappa shape index (κ2) is 10.7. The number of rotatable bonds is 9. The first-order chi connectivity index (χ1) is 16.8. The number of alkyl carbamates (subject to hydrolysis) is 1. The fraction of sp³-hybridized carbons (Fsp3) is 0.280. The molecule has 1 aromatic heterocycles. The SMILES string of the molecule is CC(NC(=O)OCC1c2ccccc2-c2ccccc21)c1nc(C(=O)NCCC(O)C(=O)O)cs1. The van der Waals surface area contributed by atoms with Crippen LogP contribution in [0.5, 0.6) is 0 Å². The number of aliphatic hydroxyl groups excluding tert-OH is 1. The van der Waals surface area contributed by atoms with Gasteiger partial charge in [-0.05, 0) is 29.2 Å². The van der Waals surface area contributed by atoms with Gasteiger partial charge in [-0.15, -0.1) is 11.3 Å². The normalized spacial score (nSPS) is 13.9. The minimum Gasteiger partial charge on any atom is -0.479 e. The van der Waals surface area contributed by atoms with E-state index in [9.17, 15) is 19.5 Å². The fourth-order valence-corrected chi connectivity index (χ4v) is 4.81. The number of hydrogen-bond donors (Lipinski definition) is 4. The lowest BCUT2D eigenvalue weighted by atomic mass is 9.98. The first-order valence-corrected chi connectivity index (χ1v) is 12.0. The zero-order valence-corrected chi connectivity index (χ0v) is 19.7. The lowest BCUT2D eigenvalue weighted by molar-refractivity contribution is -0.146. The Morgan fingerprint density at radius 3 is 2.34 bits per heavy atom. The van der Waals surface area contributed by atoms with Gasteiger partial charge in [0.15, 0.2) is 6.10 Å². The highest BCUT2D eigenvalue weighted by atomic mass is 32.1. The highest BCUT2D eigenvalue weighted by molar-refractivity contribution is 7.09. The van der Waals surface area contributed by atoms with Crippen LogP contribution in [0.3, 0.4) is 0 Å². The molecule has 0 radical (unpaired) electrons. The van der Waals surface area contributed by atoms with Crippen LogP contribution < -0.4 is 10.6 Å². The predicted molar refractivity (Wildman–Crippen MR) is 129 cm³/mol. The van der Waals surface area contributed by atoms with E-state index in [2.05, 4.69) is 39.9 Å². The molecule has 9 nitrogen and oxygen atoms in total. The topological polar surface area (TPSA) is 138 Å². The van der Waals surface area contributed by atoms with Crippen LogP contribution in [0.2, 0.25) is 0 Å². The average molecular weight is 496 g/mol. The Morgan fingerprint density at radius 2 is 1.71 bits per heavy atom. The smallest absolute Gasteiger partial charge is 0.407 e. The molecule has 0 bridgehead atoms. The van der Waals surface area contributed by atoms with E-state index in [1.807, 2.05) is 24.3 Å². The number of fused-ring (bicyclic) bond motifs is 3. The van der Waals surface area contributed by atoms with Crippen LogP contribution in [-0.2, 0) is 9.53 Å². The number of hydrogen-bond acceptors (Lipinski definition) is 7. The van der Waals surface area contributed by atoms with Gasteiger partial charge < -0.3 is 25.6 Å². The van der Waals surface area contributed by atoms with Gasteiger partial charge in [-0.3, -0.25) is 4.79 Å². The molecule has 0 aliphatic heterocycles. The number of carbonyl (C=O) groups is 3. The van der Waals surface area contributed by atoms with Gasteiger partial charge in [0.05, 0.1) is 6.04 Å². The molecule has 1 heterocycles. The Hall–Kier alpha value is -3.76. The van der Waals surface area contributed by atoms with Crippen molar-refractivity contribution in [1.29, 1.82) is 0 Å². The average Bonchev–Trinajstić information content (AvgIpc) is 3.46. The summed E-state index contributed by atoms with van der Waals surface area (Å²) in [4.78, 5) is 39.6. The van der Waals surface area contributed by atoms with Gasteiger partial charge in [0.25, 0.3) is 5.91 Å². The molecular weight excluding hydrogens is 470 g/mol. The monoisotopic (exact) mass is 495 g/mol. The van der Waals surface area contributed by atoms with Crippen LogP contribution in [-0.4, -0.2) is 52.4 Å². The van der Waals surface area contributed by atoms with Crippen molar-refractivity contribution in [3.8, 4) is 11.1 Å². The number of benzene rings is 2. The number of amides is 2. The van der Waals surface area contributed by atoms with Crippen LogP contribution >= 0.6 is 11.3 Å². The van der Waals surface area contributed by atoms with Crippen LogP contribution in [0.4, 0.5) is 4.79 Å². The summed E-state index contributed by atoms with van der Waals surface area (Å²) in [5.74, 6) is -1.87. The van der Waals surface area contributed by atoms with Crippen molar-refractivity contribution < 1.29 is 29.3 Å². The number of aliphatic carboxylic acids is 1. The van der Waals surface area contributed by atoms with E-state index in [-0.39, 0.29) is 31.2 Å². The maximum absolute atomic E-state index is 12.5. The Bertz CT molecular complexity index is 1200. The van der Waals surface area contributed by atoms with Crippen molar-refractivity contribution in [2.24, 2.45) is 0 Å². The molecule has 1 aliphatic rings. The molecule has 0 spiro atoms. The number of carboxylic acid groups (broad SMARTS) is 1. The van der Waals surface area contributed by atoms with Crippen LogP contribution in [0.15, 0.2) is 53.9 Å². The predicted octanol–water partition coefficient (Wildman–Crippen LogP) is 3.31. The second-order valence-corrected chi connectivity index (χ2v) is 9.05. The summed E-state index contributed by atoms with van der Waals surface area (Å²) in [6, 6.07) is 15.7. The van der Waals surface area contributed by atoms with Crippen molar-refractivity contribution >= 4 is 29.3 Å².